The van der Waals surface area contributed by atoms with E-state index in [-0.39, 0.29) is 12.3 Å². The lowest BCUT2D eigenvalue weighted by Crippen LogP contribution is -2.41. The smallest absolute Gasteiger partial charge is 0.329 e. The molecule has 1 aromatic rings. The van der Waals surface area contributed by atoms with Gasteiger partial charge in [-0.25, -0.2) is 10.6 Å². The molecule has 0 bridgehead atoms. The number of carbonyl (C=O) groups is 2. The minimum Gasteiger partial charge on any atom is -0.330 e. The minimum atomic E-state index is -0.551. The van der Waals surface area contributed by atoms with Crippen LogP contribution in [0.15, 0.2) is 36.4 Å². The van der Waals surface area contributed by atoms with E-state index in [0.717, 1.165) is 0 Å². The third-order valence-electron chi connectivity index (χ3n) is 1.30. The predicted molar refractivity (Wildman–Crippen MR) is 57.8 cm³/mol. The fourth-order valence-electron chi connectivity index (χ4n) is 0.641. The number of hydrogen-bond acceptors (Lipinski definition) is 3. The van der Waals surface area contributed by atoms with E-state index < -0.39 is 6.03 Å². The molecule has 5 nitrogen and oxygen atoms in total. The number of nitrogens with two attached hydrogens (primary N) is 1. The highest BCUT2D eigenvalue weighted by molar-refractivity contribution is 5.83. The van der Waals surface area contributed by atoms with Gasteiger partial charge < -0.3 is 5.32 Å². The van der Waals surface area contributed by atoms with Crippen molar-refractivity contribution in [2.24, 2.45) is 5.84 Å². The fourth-order valence-corrected chi connectivity index (χ4v) is 0.641. The van der Waals surface area contributed by atoms with Crippen molar-refractivity contribution in [2.75, 3.05) is 6.54 Å². The molecular formula is C10H15N3O2. The van der Waals surface area contributed by atoms with Crippen LogP contribution in [0.2, 0.25) is 0 Å². The molecule has 4 N–H and O–H groups in total. The SMILES string of the molecule is CC(=O)CNC(=O)NN.c1ccccc1. The molecule has 0 aliphatic rings. The number of amides is 2. The van der Waals surface area contributed by atoms with Crippen molar-refractivity contribution in [3.05, 3.63) is 36.4 Å². The Kier molecular flexibility index (Phi) is 7.62. The Morgan fingerprint density at radius 2 is 1.47 bits per heavy atom. The first-order valence-electron chi connectivity index (χ1n) is 4.40. The highest BCUT2D eigenvalue weighted by atomic mass is 16.2. The van der Waals surface area contributed by atoms with Crippen LogP contribution in [0, 0.1) is 0 Å². The molecule has 1 aromatic carbocycles. The topological polar surface area (TPSA) is 84.2 Å². The second-order valence-corrected chi connectivity index (χ2v) is 2.68. The molecule has 1 rings (SSSR count). The zero-order valence-corrected chi connectivity index (χ0v) is 8.57. The van der Waals surface area contributed by atoms with Crippen LogP contribution in [-0.4, -0.2) is 18.4 Å². The summed E-state index contributed by atoms with van der Waals surface area (Å²) in [5.41, 5.74) is 1.82. The second-order valence-electron chi connectivity index (χ2n) is 2.68. The van der Waals surface area contributed by atoms with Gasteiger partial charge in [-0.05, 0) is 6.92 Å². The molecule has 0 spiro atoms. The van der Waals surface area contributed by atoms with E-state index in [1.165, 1.54) is 6.92 Å². The van der Waals surface area contributed by atoms with Gasteiger partial charge in [0, 0.05) is 0 Å². The zero-order valence-electron chi connectivity index (χ0n) is 8.57. The number of rotatable bonds is 2. The van der Waals surface area contributed by atoms with Crippen LogP contribution in [0.1, 0.15) is 6.92 Å². The van der Waals surface area contributed by atoms with E-state index in [1.54, 1.807) is 0 Å². The summed E-state index contributed by atoms with van der Waals surface area (Å²) in [6.45, 7) is 1.39. The standard InChI is InChI=1S/C6H6.C4H9N3O2/c1-2-4-6-5-3-1;1-3(8)2-6-4(9)7-5/h1-6H;2,5H2,1H3,(H2,6,7,9). The molecule has 0 unspecified atom stereocenters. The summed E-state index contributed by atoms with van der Waals surface area (Å²) in [5.74, 6) is 4.57. The summed E-state index contributed by atoms with van der Waals surface area (Å²) in [6, 6.07) is 11.4. The van der Waals surface area contributed by atoms with Gasteiger partial charge in [0.15, 0.2) is 0 Å². The number of hydrazine groups is 1. The Bertz CT molecular complexity index is 261. The van der Waals surface area contributed by atoms with Gasteiger partial charge in [0.05, 0.1) is 6.54 Å². The first-order valence-corrected chi connectivity index (χ1v) is 4.40. The molecule has 5 heteroatoms. The van der Waals surface area contributed by atoms with Gasteiger partial charge in [-0.1, -0.05) is 36.4 Å². The summed E-state index contributed by atoms with van der Waals surface area (Å²) >= 11 is 0. The van der Waals surface area contributed by atoms with Crippen LogP contribution >= 0.6 is 0 Å². The first kappa shape index (κ1) is 13.1. The minimum absolute atomic E-state index is 0.0169. The number of Topliss-reactive ketones (excluding diaryl/α,β-unsaturated/α-hetero) is 1. The molecule has 0 aliphatic carbocycles. The van der Waals surface area contributed by atoms with E-state index in [1.807, 2.05) is 41.8 Å². The van der Waals surface area contributed by atoms with Crippen molar-refractivity contribution >= 4 is 11.8 Å². The third kappa shape index (κ3) is 10.0. The molecule has 0 aliphatic heterocycles. The van der Waals surface area contributed by atoms with Crippen molar-refractivity contribution in [2.45, 2.75) is 6.92 Å². The van der Waals surface area contributed by atoms with E-state index in [0.29, 0.717) is 0 Å². The van der Waals surface area contributed by atoms with E-state index in [2.05, 4.69) is 11.2 Å². The maximum atomic E-state index is 10.2. The van der Waals surface area contributed by atoms with Crippen LogP contribution in [0.25, 0.3) is 0 Å². The highest BCUT2D eigenvalue weighted by Gasteiger charge is 1.95. The van der Waals surface area contributed by atoms with Crippen molar-refractivity contribution in [1.29, 1.82) is 0 Å². The monoisotopic (exact) mass is 209 g/mol. The second kappa shape index (κ2) is 8.71. The average molecular weight is 209 g/mol. The molecule has 0 heterocycles. The van der Waals surface area contributed by atoms with Crippen LogP contribution in [0.3, 0.4) is 0 Å². The van der Waals surface area contributed by atoms with E-state index in [9.17, 15) is 9.59 Å². The Morgan fingerprint density at radius 3 is 1.73 bits per heavy atom. The molecule has 0 fully saturated rings. The quantitative estimate of drug-likeness (QED) is 0.375. The summed E-state index contributed by atoms with van der Waals surface area (Å²) in [7, 11) is 0. The van der Waals surface area contributed by atoms with Gasteiger partial charge >= 0.3 is 6.03 Å². The van der Waals surface area contributed by atoms with Gasteiger partial charge in [0.25, 0.3) is 0 Å². The molecule has 0 aromatic heterocycles. The molecule has 0 radical (unpaired) electrons. The molecule has 0 saturated heterocycles. The molecule has 15 heavy (non-hydrogen) atoms. The van der Waals surface area contributed by atoms with Crippen LogP contribution in [0.4, 0.5) is 4.79 Å². The summed E-state index contributed by atoms with van der Waals surface area (Å²) in [5, 5.41) is 2.21. The van der Waals surface area contributed by atoms with Gasteiger partial charge in [-0.2, -0.15) is 0 Å². The Morgan fingerprint density at radius 1 is 1.07 bits per heavy atom. The molecular weight excluding hydrogens is 194 g/mol. The Hall–Kier alpha value is -1.88. The van der Waals surface area contributed by atoms with Crippen molar-refractivity contribution < 1.29 is 9.59 Å². The normalized spacial score (nSPS) is 8.13. The Labute approximate surface area is 88.6 Å². The first-order chi connectivity index (χ1) is 7.16. The summed E-state index contributed by atoms with van der Waals surface area (Å²) in [6.07, 6.45) is 0. The van der Waals surface area contributed by atoms with Crippen molar-refractivity contribution in [3.8, 4) is 0 Å². The number of nitrogens with one attached hydrogen (secondary N) is 2. The van der Waals surface area contributed by atoms with E-state index >= 15 is 0 Å². The zero-order chi connectivity index (χ0) is 11.5. The third-order valence-corrected chi connectivity index (χ3v) is 1.30. The average Bonchev–Trinajstić information content (AvgIpc) is 2.29. The largest absolute Gasteiger partial charge is 0.330 e. The molecule has 0 saturated carbocycles. The van der Waals surface area contributed by atoms with Gasteiger partial charge in [-0.15, -0.1) is 0 Å². The number of benzene rings is 1. The number of ketones is 1. The van der Waals surface area contributed by atoms with Crippen molar-refractivity contribution in [3.63, 3.8) is 0 Å². The molecule has 82 valence electrons. The Balaban J connectivity index is 0.000000280. The fraction of sp³-hybridized carbons (Fsp3) is 0.200. The van der Waals surface area contributed by atoms with Gasteiger partial charge in [-0.3, -0.25) is 10.2 Å². The van der Waals surface area contributed by atoms with Gasteiger partial charge in [0.1, 0.15) is 5.78 Å². The maximum absolute atomic E-state index is 10.2. The number of urea groups is 1. The number of hydrogen-bond donors (Lipinski definition) is 3. The summed E-state index contributed by atoms with van der Waals surface area (Å²) < 4.78 is 0. The lowest BCUT2D eigenvalue weighted by atomic mass is 10.4. The lowest BCUT2D eigenvalue weighted by molar-refractivity contribution is -0.116. The molecule has 2 amide bonds. The van der Waals surface area contributed by atoms with Crippen LogP contribution in [0.5, 0.6) is 0 Å². The summed E-state index contributed by atoms with van der Waals surface area (Å²) in [4.78, 5) is 20.4. The number of carbonyl (C=O) groups excluding carboxylic acids is 2. The highest BCUT2D eigenvalue weighted by Crippen LogP contribution is 1.79. The van der Waals surface area contributed by atoms with Crippen LogP contribution < -0.4 is 16.6 Å². The molecule has 0 atom stereocenters. The maximum Gasteiger partial charge on any atom is 0.329 e. The van der Waals surface area contributed by atoms with Crippen molar-refractivity contribution in [1.82, 2.24) is 10.7 Å². The van der Waals surface area contributed by atoms with E-state index in [4.69, 9.17) is 0 Å². The van der Waals surface area contributed by atoms with Crippen LogP contribution in [-0.2, 0) is 4.79 Å². The predicted octanol–water partition coefficient (Wildman–Crippen LogP) is 0.435. The lowest BCUT2D eigenvalue weighted by Gasteiger charge is -1.98. The van der Waals surface area contributed by atoms with Gasteiger partial charge in [0.2, 0.25) is 0 Å².